The zero-order valence-electron chi connectivity index (χ0n) is 11.4. The van der Waals surface area contributed by atoms with Gasteiger partial charge >= 0.3 is 0 Å². The molecule has 0 amide bonds. The minimum atomic E-state index is 0.497. The number of hydrogen-bond donors (Lipinski definition) is 1. The fourth-order valence-corrected chi connectivity index (χ4v) is 3.13. The Morgan fingerprint density at radius 2 is 2.17 bits per heavy atom. The third-order valence-corrected chi connectivity index (χ3v) is 4.42. The minimum absolute atomic E-state index is 0.497. The molecule has 1 heterocycles. The molecule has 0 bridgehead atoms. The number of nitrogens with zero attached hydrogens (tertiary/aromatic N) is 1. The van der Waals surface area contributed by atoms with Gasteiger partial charge in [0, 0.05) is 31.7 Å². The summed E-state index contributed by atoms with van der Waals surface area (Å²) >= 11 is 1.95. The Kier molecular flexibility index (Phi) is 5.54. The van der Waals surface area contributed by atoms with E-state index in [-0.39, 0.29) is 0 Å². The van der Waals surface area contributed by atoms with E-state index in [0.29, 0.717) is 12.1 Å². The van der Waals surface area contributed by atoms with Crippen LogP contribution in [0.4, 0.5) is 0 Å². The fourth-order valence-electron chi connectivity index (χ4n) is 2.55. The number of hydrogen-bond acceptors (Lipinski definition) is 3. The van der Waals surface area contributed by atoms with Crippen molar-refractivity contribution in [2.75, 3.05) is 31.6 Å². The van der Waals surface area contributed by atoms with E-state index >= 15 is 0 Å². The van der Waals surface area contributed by atoms with Gasteiger partial charge in [-0.2, -0.15) is 11.8 Å². The van der Waals surface area contributed by atoms with Crippen molar-refractivity contribution in [3.05, 3.63) is 35.9 Å². The van der Waals surface area contributed by atoms with Crippen molar-refractivity contribution < 1.29 is 0 Å². The zero-order chi connectivity index (χ0) is 12.8. The Morgan fingerprint density at radius 1 is 1.39 bits per heavy atom. The summed E-state index contributed by atoms with van der Waals surface area (Å²) in [5, 5.41) is 3.63. The smallest absolute Gasteiger partial charge is 0.0449 e. The molecule has 1 N–H and O–H groups in total. The van der Waals surface area contributed by atoms with Gasteiger partial charge in [0.2, 0.25) is 0 Å². The van der Waals surface area contributed by atoms with Gasteiger partial charge in [-0.15, -0.1) is 0 Å². The van der Waals surface area contributed by atoms with Crippen LogP contribution in [0.3, 0.4) is 0 Å². The molecule has 1 aliphatic heterocycles. The third-order valence-electron chi connectivity index (χ3n) is 3.77. The van der Waals surface area contributed by atoms with E-state index in [1.807, 2.05) is 11.8 Å². The quantitative estimate of drug-likeness (QED) is 0.880. The van der Waals surface area contributed by atoms with Gasteiger partial charge < -0.3 is 5.32 Å². The molecule has 1 saturated heterocycles. The van der Waals surface area contributed by atoms with Crippen molar-refractivity contribution in [3.63, 3.8) is 0 Å². The summed E-state index contributed by atoms with van der Waals surface area (Å²) in [6.45, 7) is 5.78. The van der Waals surface area contributed by atoms with Crippen LogP contribution in [0.5, 0.6) is 0 Å². The molecule has 2 nitrogen and oxygen atoms in total. The molecule has 0 spiro atoms. The molecular weight excluding hydrogens is 240 g/mol. The molecule has 0 aromatic heterocycles. The molecule has 1 aliphatic rings. The van der Waals surface area contributed by atoms with E-state index in [1.54, 1.807) is 0 Å². The van der Waals surface area contributed by atoms with Crippen molar-refractivity contribution in [3.8, 4) is 0 Å². The molecule has 0 radical (unpaired) electrons. The maximum Gasteiger partial charge on any atom is 0.0449 e. The highest BCUT2D eigenvalue weighted by molar-refractivity contribution is 7.98. The number of rotatable bonds is 5. The van der Waals surface area contributed by atoms with E-state index in [1.165, 1.54) is 24.3 Å². The first kappa shape index (κ1) is 13.9. The molecule has 0 aliphatic carbocycles. The van der Waals surface area contributed by atoms with Gasteiger partial charge in [0.1, 0.15) is 0 Å². The maximum atomic E-state index is 3.63. The molecular formula is C15H24N2S. The summed E-state index contributed by atoms with van der Waals surface area (Å²) in [4.78, 5) is 2.63. The first-order chi connectivity index (χ1) is 8.81. The van der Waals surface area contributed by atoms with Gasteiger partial charge in [0.15, 0.2) is 0 Å². The van der Waals surface area contributed by atoms with Gasteiger partial charge in [-0.3, -0.25) is 4.90 Å². The van der Waals surface area contributed by atoms with Crippen LogP contribution >= 0.6 is 11.8 Å². The number of benzene rings is 1. The maximum absolute atomic E-state index is 3.63. The lowest BCUT2D eigenvalue weighted by molar-refractivity contribution is 0.150. The predicted molar refractivity (Wildman–Crippen MR) is 81.2 cm³/mol. The normalized spacial score (nSPS) is 22.9. The summed E-state index contributed by atoms with van der Waals surface area (Å²) in [6.07, 6.45) is 3.49. The lowest BCUT2D eigenvalue weighted by Gasteiger charge is -2.37. The predicted octanol–water partition coefficient (Wildman–Crippen LogP) is 2.77. The molecule has 1 aromatic rings. The van der Waals surface area contributed by atoms with Crippen LogP contribution in [-0.2, 0) is 0 Å². The van der Waals surface area contributed by atoms with E-state index in [4.69, 9.17) is 0 Å². The first-order valence-corrected chi connectivity index (χ1v) is 8.22. The molecule has 0 saturated carbocycles. The second kappa shape index (κ2) is 7.17. The van der Waals surface area contributed by atoms with Crippen LogP contribution in [0.2, 0.25) is 0 Å². The highest BCUT2D eigenvalue weighted by atomic mass is 32.2. The van der Waals surface area contributed by atoms with Crippen molar-refractivity contribution in [1.29, 1.82) is 0 Å². The summed E-state index contributed by atoms with van der Waals surface area (Å²) in [7, 11) is 0. The van der Waals surface area contributed by atoms with Crippen LogP contribution in [0, 0.1) is 0 Å². The van der Waals surface area contributed by atoms with Gasteiger partial charge in [0.05, 0.1) is 0 Å². The van der Waals surface area contributed by atoms with Crippen LogP contribution in [0.25, 0.3) is 0 Å². The van der Waals surface area contributed by atoms with E-state index in [2.05, 4.69) is 53.7 Å². The number of nitrogens with one attached hydrogen (secondary N) is 1. The average molecular weight is 264 g/mol. The number of thioether (sulfide) groups is 1. The van der Waals surface area contributed by atoms with Crippen LogP contribution < -0.4 is 5.32 Å². The average Bonchev–Trinajstić information content (AvgIpc) is 2.46. The van der Waals surface area contributed by atoms with Crippen molar-refractivity contribution >= 4 is 11.8 Å². The zero-order valence-corrected chi connectivity index (χ0v) is 12.2. The minimum Gasteiger partial charge on any atom is -0.308 e. The summed E-state index contributed by atoms with van der Waals surface area (Å²) in [5.41, 5.74) is 1.42. The molecule has 18 heavy (non-hydrogen) atoms. The lowest BCUT2D eigenvalue weighted by atomic mass is 10.0. The topological polar surface area (TPSA) is 15.3 Å². The largest absolute Gasteiger partial charge is 0.308 e. The van der Waals surface area contributed by atoms with E-state index in [9.17, 15) is 0 Å². The van der Waals surface area contributed by atoms with Crippen molar-refractivity contribution in [1.82, 2.24) is 10.2 Å². The van der Waals surface area contributed by atoms with Gasteiger partial charge in [-0.25, -0.2) is 0 Å². The number of piperazine rings is 1. The molecule has 2 atom stereocenters. The highest BCUT2D eigenvalue weighted by Crippen LogP contribution is 2.19. The molecule has 3 heteroatoms. The summed E-state index contributed by atoms with van der Waals surface area (Å²) in [5.74, 6) is 1.26. The highest BCUT2D eigenvalue weighted by Gasteiger charge is 2.23. The Hall–Kier alpha value is -0.510. The molecule has 1 fully saturated rings. The Bertz CT molecular complexity index is 342. The standard InChI is InChI=1S/C15H24N2S/c1-13(8-11-18-2)17-10-9-16-15(12-17)14-6-4-3-5-7-14/h3-7,13,15-16H,8-12H2,1-2H3. The molecule has 1 aromatic carbocycles. The summed E-state index contributed by atoms with van der Waals surface area (Å²) in [6, 6.07) is 12.0. The van der Waals surface area contributed by atoms with Crippen LogP contribution in [-0.4, -0.2) is 42.6 Å². The van der Waals surface area contributed by atoms with Crippen LogP contribution in [0.15, 0.2) is 30.3 Å². The van der Waals surface area contributed by atoms with Gasteiger partial charge in [0.25, 0.3) is 0 Å². The Morgan fingerprint density at radius 3 is 2.89 bits per heavy atom. The SMILES string of the molecule is CSCCC(C)N1CCNC(c2ccccc2)C1. The molecule has 2 unspecified atom stereocenters. The van der Waals surface area contributed by atoms with Gasteiger partial charge in [-0.05, 0) is 30.9 Å². The second-order valence-electron chi connectivity index (χ2n) is 5.04. The van der Waals surface area contributed by atoms with Crippen molar-refractivity contribution in [2.45, 2.75) is 25.4 Å². The first-order valence-electron chi connectivity index (χ1n) is 6.82. The molecule has 100 valence electrons. The lowest BCUT2D eigenvalue weighted by Crippen LogP contribution is -2.49. The Balaban J connectivity index is 1.92. The van der Waals surface area contributed by atoms with Crippen molar-refractivity contribution in [2.24, 2.45) is 0 Å². The second-order valence-corrected chi connectivity index (χ2v) is 6.03. The van der Waals surface area contributed by atoms with Crippen LogP contribution in [0.1, 0.15) is 24.9 Å². The van der Waals surface area contributed by atoms with E-state index in [0.717, 1.165) is 13.1 Å². The molecule has 2 rings (SSSR count). The third kappa shape index (κ3) is 3.74. The monoisotopic (exact) mass is 264 g/mol. The fraction of sp³-hybridized carbons (Fsp3) is 0.600. The van der Waals surface area contributed by atoms with Gasteiger partial charge in [-0.1, -0.05) is 30.3 Å². The van der Waals surface area contributed by atoms with E-state index < -0.39 is 0 Å². The Labute approximate surface area is 115 Å². The summed E-state index contributed by atoms with van der Waals surface area (Å²) < 4.78 is 0.